The van der Waals surface area contributed by atoms with E-state index in [1.54, 1.807) is 0 Å². The van der Waals surface area contributed by atoms with Crippen LogP contribution in [0.4, 0.5) is 0 Å². The summed E-state index contributed by atoms with van der Waals surface area (Å²) in [5.41, 5.74) is 0. The second-order valence-electron chi connectivity index (χ2n) is 2.18. The highest BCUT2D eigenvalue weighted by Gasteiger charge is 1.87. The lowest BCUT2D eigenvalue weighted by atomic mass is 10.2. The van der Waals surface area contributed by atoms with Crippen LogP contribution in [0.2, 0.25) is 0 Å². The molecule has 0 amide bonds. The molecular formula is C9H16O2. The summed E-state index contributed by atoms with van der Waals surface area (Å²) < 4.78 is 10.1. The number of rotatable bonds is 7. The quantitative estimate of drug-likeness (QED) is 0.318. The van der Waals surface area contributed by atoms with E-state index in [9.17, 15) is 0 Å². The maximum atomic E-state index is 5.13. The van der Waals surface area contributed by atoms with Crippen molar-refractivity contribution >= 4 is 0 Å². The minimum atomic E-state index is 0.409. The number of terminal acetylenes is 1. The first kappa shape index (κ1) is 10.5. The fourth-order valence-electron chi connectivity index (χ4n) is 0.632. The molecular weight excluding hydrogens is 140 g/mol. The van der Waals surface area contributed by atoms with Crippen LogP contribution in [0.15, 0.2) is 0 Å². The summed E-state index contributed by atoms with van der Waals surface area (Å²) in [4.78, 5) is 0. The van der Waals surface area contributed by atoms with Crippen molar-refractivity contribution in [3.63, 3.8) is 0 Å². The summed E-state index contributed by atoms with van der Waals surface area (Å²) in [6.07, 6.45) is 7.99. The topological polar surface area (TPSA) is 18.5 Å². The standard InChI is InChI=1S/C9H16O2/c1-3-5-6-7-8-11-9-10-4-2/h1H,4-9H2,2H3. The fourth-order valence-corrected chi connectivity index (χ4v) is 0.632. The molecule has 0 saturated carbocycles. The first-order valence-corrected chi connectivity index (χ1v) is 4.00. The van der Waals surface area contributed by atoms with Crippen LogP contribution < -0.4 is 0 Å². The Kier molecular flexibility index (Phi) is 9.03. The molecule has 0 N–H and O–H groups in total. The van der Waals surface area contributed by atoms with Gasteiger partial charge >= 0.3 is 0 Å². The van der Waals surface area contributed by atoms with Crippen molar-refractivity contribution in [1.82, 2.24) is 0 Å². The first-order valence-electron chi connectivity index (χ1n) is 4.00. The van der Waals surface area contributed by atoms with E-state index in [1.165, 1.54) is 0 Å². The predicted octanol–water partition coefficient (Wildman–Crippen LogP) is 1.80. The monoisotopic (exact) mass is 156 g/mol. The highest BCUT2D eigenvalue weighted by atomic mass is 16.7. The Hall–Kier alpha value is -0.520. The van der Waals surface area contributed by atoms with Gasteiger partial charge in [0.15, 0.2) is 0 Å². The average molecular weight is 156 g/mol. The molecule has 0 rings (SSSR count). The second-order valence-corrected chi connectivity index (χ2v) is 2.18. The van der Waals surface area contributed by atoms with Crippen LogP contribution in [0.3, 0.4) is 0 Å². The van der Waals surface area contributed by atoms with Crippen molar-refractivity contribution < 1.29 is 9.47 Å². The Labute approximate surface area is 68.9 Å². The van der Waals surface area contributed by atoms with Gasteiger partial charge in [0.05, 0.1) is 0 Å². The van der Waals surface area contributed by atoms with E-state index in [4.69, 9.17) is 15.9 Å². The molecule has 0 heterocycles. The zero-order valence-corrected chi connectivity index (χ0v) is 7.14. The van der Waals surface area contributed by atoms with Gasteiger partial charge in [-0.1, -0.05) is 0 Å². The van der Waals surface area contributed by atoms with Crippen LogP contribution in [0.5, 0.6) is 0 Å². The number of unbranched alkanes of at least 4 members (excludes halogenated alkanes) is 2. The molecule has 0 aliphatic carbocycles. The second kappa shape index (κ2) is 9.48. The molecule has 0 radical (unpaired) electrons. The SMILES string of the molecule is C#CCCCCOCOCC. The van der Waals surface area contributed by atoms with Gasteiger partial charge in [-0.15, -0.1) is 12.3 Å². The van der Waals surface area contributed by atoms with Gasteiger partial charge in [0, 0.05) is 19.6 Å². The zero-order chi connectivity index (χ0) is 8.36. The van der Waals surface area contributed by atoms with E-state index in [1.807, 2.05) is 6.92 Å². The molecule has 64 valence electrons. The Morgan fingerprint density at radius 1 is 1.27 bits per heavy atom. The van der Waals surface area contributed by atoms with E-state index < -0.39 is 0 Å². The smallest absolute Gasteiger partial charge is 0.146 e. The van der Waals surface area contributed by atoms with Crippen LogP contribution in [0.1, 0.15) is 26.2 Å². The molecule has 2 heteroatoms. The third-order valence-electron chi connectivity index (χ3n) is 1.23. The molecule has 0 saturated heterocycles. The van der Waals surface area contributed by atoms with Crippen molar-refractivity contribution in [2.45, 2.75) is 26.2 Å². The molecule has 0 fully saturated rings. The molecule has 2 nitrogen and oxygen atoms in total. The number of hydrogen-bond acceptors (Lipinski definition) is 2. The lowest BCUT2D eigenvalue weighted by Gasteiger charge is -2.01. The fraction of sp³-hybridized carbons (Fsp3) is 0.778. The van der Waals surface area contributed by atoms with Crippen molar-refractivity contribution in [1.29, 1.82) is 0 Å². The largest absolute Gasteiger partial charge is 0.356 e. The van der Waals surface area contributed by atoms with Crippen LogP contribution in [-0.2, 0) is 9.47 Å². The summed E-state index contributed by atoms with van der Waals surface area (Å²) in [6.45, 7) is 3.82. The summed E-state index contributed by atoms with van der Waals surface area (Å²) in [7, 11) is 0. The van der Waals surface area contributed by atoms with Crippen LogP contribution in [0, 0.1) is 12.3 Å². The van der Waals surface area contributed by atoms with Gasteiger partial charge in [-0.2, -0.15) is 0 Å². The average Bonchev–Trinajstić information content (AvgIpc) is 2.03. The van der Waals surface area contributed by atoms with Gasteiger partial charge in [-0.25, -0.2) is 0 Å². The summed E-state index contributed by atoms with van der Waals surface area (Å²) in [5.74, 6) is 2.58. The van der Waals surface area contributed by atoms with E-state index in [0.717, 1.165) is 25.9 Å². The van der Waals surface area contributed by atoms with Gasteiger partial charge in [0.1, 0.15) is 6.79 Å². The first-order chi connectivity index (χ1) is 5.41. The minimum Gasteiger partial charge on any atom is -0.356 e. The Balaban J connectivity index is 2.75. The molecule has 0 spiro atoms. The van der Waals surface area contributed by atoms with Crippen LogP contribution in [-0.4, -0.2) is 20.0 Å². The summed E-state index contributed by atoms with van der Waals surface area (Å²) in [6, 6.07) is 0. The lowest BCUT2D eigenvalue weighted by molar-refractivity contribution is -0.0500. The molecule has 0 aromatic carbocycles. The van der Waals surface area contributed by atoms with Crippen molar-refractivity contribution in [2.75, 3.05) is 20.0 Å². The van der Waals surface area contributed by atoms with Gasteiger partial charge < -0.3 is 9.47 Å². The van der Waals surface area contributed by atoms with Crippen molar-refractivity contribution in [2.24, 2.45) is 0 Å². The summed E-state index contributed by atoms with van der Waals surface area (Å²) >= 11 is 0. The lowest BCUT2D eigenvalue weighted by Crippen LogP contribution is -2.00. The minimum absolute atomic E-state index is 0.409. The molecule has 0 bridgehead atoms. The van der Waals surface area contributed by atoms with Crippen molar-refractivity contribution in [3.05, 3.63) is 0 Å². The molecule has 0 aliphatic heterocycles. The molecule has 0 aromatic heterocycles. The highest BCUT2D eigenvalue weighted by molar-refractivity contribution is 4.82. The van der Waals surface area contributed by atoms with Crippen LogP contribution >= 0.6 is 0 Å². The number of hydrogen-bond donors (Lipinski definition) is 0. The van der Waals surface area contributed by atoms with E-state index in [0.29, 0.717) is 13.4 Å². The van der Waals surface area contributed by atoms with Crippen molar-refractivity contribution in [3.8, 4) is 12.3 Å². The Bertz CT molecular complexity index is 105. The Morgan fingerprint density at radius 2 is 2.09 bits per heavy atom. The van der Waals surface area contributed by atoms with Gasteiger partial charge in [0.2, 0.25) is 0 Å². The van der Waals surface area contributed by atoms with E-state index in [2.05, 4.69) is 5.92 Å². The molecule has 0 aromatic rings. The normalized spacial score (nSPS) is 9.45. The maximum Gasteiger partial charge on any atom is 0.146 e. The predicted molar refractivity (Wildman–Crippen MR) is 45.1 cm³/mol. The Morgan fingerprint density at radius 3 is 2.73 bits per heavy atom. The molecule has 0 atom stereocenters. The van der Waals surface area contributed by atoms with Crippen LogP contribution in [0.25, 0.3) is 0 Å². The highest BCUT2D eigenvalue weighted by Crippen LogP contribution is 1.93. The molecule has 0 aliphatic rings. The molecule has 11 heavy (non-hydrogen) atoms. The third kappa shape index (κ3) is 9.48. The summed E-state index contributed by atoms with van der Waals surface area (Å²) in [5, 5.41) is 0. The van der Waals surface area contributed by atoms with E-state index in [-0.39, 0.29) is 0 Å². The maximum absolute atomic E-state index is 5.13. The van der Waals surface area contributed by atoms with Gasteiger partial charge in [-0.3, -0.25) is 0 Å². The third-order valence-corrected chi connectivity index (χ3v) is 1.23. The molecule has 0 unspecified atom stereocenters. The van der Waals surface area contributed by atoms with Gasteiger partial charge in [-0.05, 0) is 19.8 Å². The zero-order valence-electron chi connectivity index (χ0n) is 7.14. The van der Waals surface area contributed by atoms with E-state index >= 15 is 0 Å². The number of ether oxygens (including phenoxy) is 2. The van der Waals surface area contributed by atoms with Gasteiger partial charge in [0.25, 0.3) is 0 Å².